The van der Waals surface area contributed by atoms with Crippen LogP contribution in [0.1, 0.15) is 18.1 Å². The average Bonchev–Trinajstić information content (AvgIpc) is 2.70. The molecule has 2 aromatic rings. The van der Waals surface area contributed by atoms with Gasteiger partial charge in [0.05, 0.1) is 0 Å². The van der Waals surface area contributed by atoms with E-state index >= 15 is 0 Å². The van der Waals surface area contributed by atoms with Gasteiger partial charge >= 0.3 is 11.9 Å². The number of Topliss-reactive ketones (excluding diaryl/α,β-unsaturated/α-hetero) is 1. The number of rotatable bonds is 7. The van der Waals surface area contributed by atoms with Gasteiger partial charge in [-0.1, -0.05) is 60.7 Å². The molecule has 2 aromatic carbocycles. The highest BCUT2D eigenvalue weighted by Gasteiger charge is 2.11. The number of ketones is 1. The zero-order chi connectivity index (χ0) is 22.2. The second-order valence-electron chi connectivity index (χ2n) is 6.00. The molecule has 29 heavy (non-hydrogen) atoms. The summed E-state index contributed by atoms with van der Waals surface area (Å²) in [5, 5.41) is 17.0. The van der Waals surface area contributed by atoms with Crippen molar-refractivity contribution in [3.63, 3.8) is 0 Å². The molecule has 0 aliphatic rings. The third-order valence-electron chi connectivity index (χ3n) is 3.40. The van der Waals surface area contributed by atoms with E-state index in [1.54, 1.807) is 0 Å². The summed E-state index contributed by atoms with van der Waals surface area (Å²) in [7, 11) is 0. The minimum absolute atomic E-state index is 0.278. The van der Waals surface area contributed by atoms with Gasteiger partial charge in [-0.15, -0.1) is 0 Å². The molecule has 0 aromatic heterocycles. The van der Waals surface area contributed by atoms with Crippen molar-refractivity contribution in [2.75, 3.05) is 0 Å². The molecule has 0 saturated heterocycles. The van der Waals surface area contributed by atoms with Gasteiger partial charge < -0.3 is 21.7 Å². The highest BCUT2D eigenvalue weighted by Crippen LogP contribution is 2.02. The summed E-state index contributed by atoms with van der Waals surface area (Å²) in [5.74, 6) is -2.34. The van der Waals surface area contributed by atoms with E-state index in [4.69, 9.17) is 26.5 Å². The SMILES string of the molecule is CC(=O)C=O.NC(Cc1ccccc1)C(=O)O.NC(Cc1ccccc1)C(=O)O. The van der Waals surface area contributed by atoms with Crippen molar-refractivity contribution in [3.05, 3.63) is 71.8 Å². The average molecular weight is 402 g/mol. The Labute approximate surface area is 169 Å². The molecular weight excluding hydrogens is 376 g/mol. The molecule has 0 aliphatic carbocycles. The van der Waals surface area contributed by atoms with Crippen LogP contribution in [0.3, 0.4) is 0 Å². The van der Waals surface area contributed by atoms with E-state index in [2.05, 4.69) is 0 Å². The Morgan fingerprint density at radius 2 is 1.07 bits per heavy atom. The maximum Gasteiger partial charge on any atom is 0.320 e. The van der Waals surface area contributed by atoms with Crippen molar-refractivity contribution in [2.45, 2.75) is 31.8 Å². The van der Waals surface area contributed by atoms with E-state index in [1.807, 2.05) is 60.7 Å². The first-order valence-corrected chi connectivity index (χ1v) is 8.67. The second kappa shape index (κ2) is 14.7. The molecule has 2 atom stereocenters. The molecule has 8 heteroatoms. The van der Waals surface area contributed by atoms with Gasteiger partial charge in [-0.2, -0.15) is 0 Å². The molecule has 0 radical (unpaired) electrons. The van der Waals surface area contributed by atoms with Crippen LogP contribution in [0, 0.1) is 0 Å². The normalized spacial score (nSPS) is 11.4. The van der Waals surface area contributed by atoms with Gasteiger partial charge in [0.1, 0.15) is 12.1 Å². The fourth-order valence-electron chi connectivity index (χ4n) is 1.91. The van der Waals surface area contributed by atoms with E-state index in [-0.39, 0.29) is 6.29 Å². The number of benzene rings is 2. The van der Waals surface area contributed by atoms with E-state index in [9.17, 15) is 14.4 Å². The van der Waals surface area contributed by atoms with Crippen LogP contribution in [0.2, 0.25) is 0 Å². The van der Waals surface area contributed by atoms with E-state index in [0.29, 0.717) is 12.8 Å². The largest absolute Gasteiger partial charge is 0.480 e. The van der Waals surface area contributed by atoms with Gasteiger partial charge in [0.15, 0.2) is 12.1 Å². The summed E-state index contributed by atoms with van der Waals surface area (Å²) in [6.45, 7) is 1.22. The molecule has 0 bridgehead atoms. The van der Waals surface area contributed by atoms with Gasteiger partial charge in [0, 0.05) is 6.92 Å². The molecule has 0 heterocycles. The lowest BCUT2D eigenvalue weighted by atomic mass is 10.1. The first kappa shape index (κ1) is 25.6. The predicted molar refractivity (Wildman–Crippen MR) is 108 cm³/mol. The number of carbonyl (C=O) groups excluding carboxylic acids is 2. The summed E-state index contributed by atoms with van der Waals surface area (Å²) in [6.07, 6.45) is 1.05. The second-order valence-corrected chi connectivity index (χ2v) is 6.00. The van der Waals surface area contributed by atoms with Gasteiger partial charge in [0.25, 0.3) is 0 Å². The zero-order valence-electron chi connectivity index (χ0n) is 16.1. The zero-order valence-corrected chi connectivity index (χ0v) is 16.1. The molecule has 156 valence electrons. The summed E-state index contributed by atoms with van der Waals surface area (Å²) < 4.78 is 0. The number of carbonyl (C=O) groups is 4. The van der Waals surface area contributed by atoms with Crippen molar-refractivity contribution in [3.8, 4) is 0 Å². The summed E-state index contributed by atoms with van der Waals surface area (Å²) in [5.41, 5.74) is 12.6. The molecule has 2 rings (SSSR count). The van der Waals surface area contributed by atoms with Gasteiger partial charge in [0.2, 0.25) is 0 Å². The van der Waals surface area contributed by atoms with Crippen LogP contribution in [0.25, 0.3) is 0 Å². The van der Waals surface area contributed by atoms with Crippen molar-refractivity contribution in [2.24, 2.45) is 11.5 Å². The lowest BCUT2D eigenvalue weighted by Gasteiger charge is -2.04. The minimum Gasteiger partial charge on any atom is -0.480 e. The number of hydrogen-bond acceptors (Lipinski definition) is 6. The molecule has 0 aliphatic heterocycles. The lowest BCUT2D eigenvalue weighted by molar-refractivity contribution is -0.139. The smallest absolute Gasteiger partial charge is 0.320 e. The Bertz CT molecular complexity index is 708. The third-order valence-corrected chi connectivity index (χ3v) is 3.40. The Balaban J connectivity index is 0.000000442. The number of carboxylic acid groups (broad SMARTS) is 2. The maximum absolute atomic E-state index is 10.4. The molecule has 0 saturated carbocycles. The lowest BCUT2D eigenvalue weighted by Crippen LogP contribution is -2.32. The van der Waals surface area contributed by atoms with Crippen LogP contribution in [-0.2, 0) is 32.0 Å². The number of aldehydes is 1. The first-order valence-electron chi connectivity index (χ1n) is 8.67. The van der Waals surface area contributed by atoms with Gasteiger partial charge in [-0.25, -0.2) is 0 Å². The van der Waals surface area contributed by atoms with Crippen LogP contribution >= 0.6 is 0 Å². The summed E-state index contributed by atoms with van der Waals surface area (Å²) >= 11 is 0. The molecule has 8 nitrogen and oxygen atoms in total. The first-order chi connectivity index (χ1) is 13.7. The topological polar surface area (TPSA) is 161 Å². The van der Waals surface area contributed by atoms with E-state index < -0.39 is 29.8 Å². The van der Waals surface area contributed by atoms with E-state index in [1.165, 1.54) is 6.92 Å². The van der Waals surface area contributed by atoms with Crippen LogP contribution in [0.4, 0.5) is 0 Å². The number of carboxylic acids is 2. The fourth-order valence-corrected chi connectivity index (χ4v) is 1.91. The van der Waals surface area contributed by atoms with Crippen molar-refractivity contribution in [1.82, 2.24) is 0 Å². The van der Waals surface area contributed by atoms with Crippen molar-refractivity contribution in [1.29, 1.82) is 0 Å². The Morgan fingerprint density at radius 3 is 1.28 bits per heavy atom. The monoisotopic (exact) mass is 402 g/mol. The Morgan fingerprint density at radius 1 is 0.793 bits per heavy atom. The molecule has 2 unspecified atom stereocenters. The highest BCUT2D eigenvalue weighted by molar-refractivity contribution is 6.23. The molecule has 0 amide bonds. The number of hydrogen-bond donors (Lipinski definition) is 4. The molecule has 0 fully saturated rings. The quantitative estimate of drug-likeness (QED) is 0.395. The number of aliphatic carboxylic acids is 2. The Kier molecular flexibility index (Phi) is 13.0. The highest BCUT2D eigenvalue weighted by atomic mass is 16.4. The van der Waals surface area contributed by atoms with Crippen LogP contribution in [-0.4, -0.2) is 46.3 Å². The molecule has 6 N–H and O–H groups in total. The number of nitrogens with two attached hydrogens (primary N) is 2. The molecule has 0 spiro atoms. The standard InChI is InChI=1S/2C9H11NO2.C3H4O2/c2*10-8(9(11)12)6-7-4-2-1-3-5-7;1-3(5)2-4/h2*1-5,8H,6,10H2,(H,11,12);2H,1H3. The van der Waals surface area contributed by atoms with Crippen LogP contribution < -0.4 is 11.5 Å². The van der Waals surface area contributed by atoms with Crippen molar-refractivity contribution < 1.29 is 29.4 Å². The molecular formula is C21H26N2O6. The van der Waals surface area contributed by atoms with Crippen molar-refractivity contribution >= 4 is 24.0 Å². The fraction of sp³-hybridized carbons (Fsp3) is 0.238. The van der Waals surface area contributed by atoms with Gasteiger partial charge in [-0.3, -0.25) is 19.2 Å². The van der Waals surface area contributed by atoms with Crippen LogP contribution in [0.5, 0.6) is 0 Å². The summed E-state index contributed by atoms with van der Waals surface area (Å²) in [6, 6.07) is 17.1. The maximum atomic E-state index is 10.4. The minimum atomic E-state index is -0.959. The third kappa shape index (κ3) is 13.5. The predicted octanol–water partition coefficient (Wildman–Crippen LogP) is 1.06. The summed E-state index contributed by atoms with van der Waals surface area (Å²) in [4.78, 5) is 39.4. The van der Waals surface area contributed by atoms with Crippen LogP contribution in [0.15, 0.2) is 60.7 Å². The van der Waals surface area contributed by atoms with E-state index in [0.717, 1.165) is 11.1 Å². The van der Waals surface area contributed by atoms with Gasteiger partial charge in [-0.05, 0) is 24.0 Å². The Hall–Kier alpha value is -3.36.